The third kappa shape index (κ3) is 10.2. The maximum absolute atomic E-state index is 11.3. The van der Waals surface area contributed by atoms with Crippen LogP contribution >= 0.6 is 0 Å². The first-order valence-corrected chi connectivity index (χ1v) is 11.4. The molecular weight excluding hydrogens is 454 g/mol. The predicted molar refractivity (Wildman–Crippen MR) is 135 cm³/mol. The van der Waals surface area contributed by atoms with E-state index in [0.29, 0.717) is 68.4 Å². The summed E-state index contributed by atoms with van der Waals surface area (Å²) in [6.07, 6.45) is 2.34. The molecule has 0 unspecified atom stereocenters. The van der Waals surface area contributed by atoms with E-state index in [-0.39, 0.29) is 5.56 Å². The quantitative estimate of drug-likeness (QED) is 0.179. The molecule has 12 heteroatoms. The lowest BCUT2D eigenvalue weighted by Crippen LogP contribution is -2.14. The molecule has 0 radical (unpaired) electrons. The van der Waals surface area contributed by atoms with Crippen LogP contribution in [0.4, 0.5) is 29.0 Å². The number of carboxylic acid groups (broad SMARTS) is 1. The summed E-state index contributed by atoms with van der Waals surface area (Å²) >= 11 is 0. The third-order valence-corrected chi connectivity index (χ3v) is 4.69. The minimum atomic E-state index is -1.03. The van der Waals surface area contributed by atoms with Crippen molar-refractivity contribution in [2.24, 2.45) is 10.2 Å². The fourth-order valence-corrected chi connectivity index (χ4v) is 2.95. The SMILES string of the molecule is COCCCNc1nc(NCCCOC)c(N=Nc2cccc(C(=O)O)c2)c(NCCCOC)n1. The van der Waals surface area contributed by atoms with Crippen LogP contribution in [0.5, 0.6) is 0 Å². The monoisotopic (exact) mass is 489 g/mol. The minimum Gasteiger partial charge on any atom is -0.478 e. The lowest BCUT2D eigenvalue weighted by atomic mass is 10.2. The summed E-state index contributed by atoms with van der Waals surface area (Å²) in [5.74, 6) is 0.405. The molecule has 2 rings (SSSR count). The van der Waals surface area contributed by atoms with Crippen LogP contribution in [0.15, 0.2) is 34.5 Å². The van der Waals surface area contributed by atoms with Crippen molar-refractivity contribution in [2.45, 2.75) is 19.3 Å². The highest BCUT2D eigenvalue weighted by atomic mass is 16.5. The van der Waals surface area contributed by atoms with Gasteiger partial charge in [-0.25, -0.2) is 4.79 Å². The van der Waals surface area contributed by atoms with Crippen molar-refractivity contribution >= 4 is 34.9 Å². The lowest BCUT2D eigenvalue weighted by Gasteiger charge is -2.15. The van der Waals surface area contributed by atoms with Gasteiger partial charge in [0.05, 0.1) is 11.3 Å². The number of aromatic nitrogens is 2. The van der Waals surface area contributed by atoms with E-state index in [4.69, 9.17) is 14.2 Å². The number of carbonyl (C=O) groups is 1. The number of benzene rings is 1. The number of methoxy groups -OCH3 is 3. The molecule has 0 amide bonds. The number of hydrogen-bond donors (Lipinski definition) is 4. The zero-order valence-electron chi connectivity index (χ0n) is 20.5. The number of nitrogens with one attached hydrogen (secondary N) is 3. The maximum Gasteiger partial charge on any atom is 0.335 e. The number of carboxylic acids is 1. The van der Waals surface area contributed by atoms with Crippen LogP contribution in [0.3, 0.4) is 0 Å². The van der Waals surface area contributed by atoms with Crippen molar-refractivity contribution in [1.82, 2.24) is 9.97 Å². The van der Waals surface area contributed by atoms with Crippen LogP contribution in [0.1, 0.15) is 29.6 Å². The fourth-order valence-electron chi connectivity index (χ4n) is 2.95. The number of nitrogens with zero attached hydrogens (tertiary/aromatic N) is 4. The van der Waals surface area contributed by atoms with Crippen molar-refractivity contribution in [3.63, 3.8) is 0 Å². The molecule has 0 atom stereocenters. The van der Waals surface area contributed by atoms with Crippen LogP contribution in [-0.2, 0) is 14.2 Å². The van der Waals surface area contributed by atoms with E-state index >= 15 is 0 Å². The normalized spacial score (nSPS) is 11.1. The molecular formula is C23H35N7O5. The largest absolute Gasteiger partial charge is 0.478 e. The Morgan fingerprint density at radius 1 is 0.857 bits per heavy atom. The Bertz CT molecular complexity index is 909. The first-order valence-electron chi connectivity index (χ1n) is 11.4. The van der Waals surface area contributed by atoms with Crippen LogP contribution in [0.2, 0.25) is 0 Å². The molecule has 35 heavy (non-hydrogen) atoms. The molecule has 4 N–H and O–H groups in total. The van der Waals surface area contributed by atoms with E-state index in [2.05, 4.69) is 36.1 Å². The Labute approximate surface area is 205 Å². The van der Waals surface area contributed by atoms with E-state index in [1.807, 2.05) is 0 Å². The number of hydrogen-bond acceptors (Lipinski definition) is 11. The van der Waals surface area contributed by atoms with Crippen molar-refractivity contribution < 1.29 is 24.1 Å². The fraction of sp³-hybridized carbons (Fsp3) is 0.522. The van der Waals surface area contributed by atoms with Crippen LogP contribution in [0, 0.1) is 0 Å². The van der Waals surface area contributed by atoms with E-state index in [1.54, 1.807) is 33.5 Å². The lowest BCUT2D eigenvalue weighted by molar-refractivity contribution is 0.0697. The second kappa shape index (κ2) is 16.3. The molecule has 2 aromatic rings. The Morgan fingerprint density at radius 2 is 1.40 bits per heavy atom. The molecule has 0 saturated heterocycles. The zero-order chi connectivity index (χ0) is 25.3. The minimum absolute atomic E-state index is 0.129. The molecule has 1 aromatic heterocycles. The first-order chi connectivity index (χ1) is 17.1. The number of azo groups is 1. The van der Waals surface area contributed by atoms with Gasteiger partial charge in [0, 0.05) is 60.8 Å². The first kappa shape index (κ1) is 27.9. The van der Waals surface area contributed by atoms with E-state index in [0.717, 1.165) is 19.3 Å². The van der Waals surface area contributed by atoms with E-state index < -0.39 is 5.97 Å². The molecule has 1 heterocycles. The van der Waals surface area contributed by atoms with Crippen LogP contribution in [-0.4, -0.2) is 81.8 Å². The van der Waals surface area contributed by atoms with Crippen molar-refractivity contribution in [2.75, 3.05) is 76.7 Å². The van der Waals surface area contributed by atoms with Gasteiger partial charge in [-0.15, -0.1) is 5.11 Å². The second-order valence-corrected chi connectivity index (χ2v) is 7.47. The Kier molecular flexibility index (Phi) is 13.0. The van der Waals surface area contributed by atoms with E-state index in [9.17, 15) is 9.90 Å². The predicted octanol–water partition coefficient (Wildman–Crippen LogP) is 3.94. The summed E-state index contributed by atoms with van der Waals surface area (Å²) in [5, 5.41) is 27.7. The molecule has 12 nitrogen and oxygen atoms in total. The highest BCUT2D eigenvalue weighted by Gasteiger charge is 2.15. The van der Waals surface area contributed by atoms with Crippen molar-refractivity contribution in [1.29, 1.82) is 0 Å². The van der Waals surface area contributed by atoms with Gasteiger partial charge in [-0.05, 0) is 37.5 Å². The average Bonchev–Trinajstić information content (AvgIpc) is 2.86. The number of anilines is 3. The smallest absolute Gasteiger partial charge is 0.335 e. The molecule has 0 aliphatic carbocycles. The average molecular weight is 490 g/mol. The molecule has 0 aliphatic heterocycles. The van der Waals surface area contributed by atoms with Gasteiger partial charge in [0.25, 0.3) is 0 Å². The Balaban J connectivity index is 2.37. The second-order valence-electron chi connectivity index (χ2n) is 7.47. The molecule has 0 fully saturated rings. The van der Waals surface area contributed by atoms with Gasteiger partial charge in [-0.3, -0.25) is 0 Å². The summed E-state index contributed by atoms with van der Waals surface area (Å²) in [5.41, 5.74) is 0.953. The molecule has 0 spiro atoms. The summed E-state index contributed by atoms with van der Waals surface area (Å²) in [4.78, 5) is 20.5. The van der Waals surface area contributed by atoms with Crippen LogP contribution in [0.25, 0.3) is 0 Å². The van der Waals surface area contributed by atoms with Gasteiger partial charge in [0.1, 0.15) is 0 Å². The van der Waals surface area contributed by atoms with Gasteiger partial charge in [0.2, 0.25) is 5.95 Å². The summed E-state index contributed by atoms with van der Waals surface area (Å²) in [6.45, 7) is 3.67. The third-order valence-electron chi connectivity index (χ3n) is 4.69. The Morgan fingerprint density at radius 3 is 1.91 bits per heavy atom. The van der Waals surface area contributed by atoms with Gasteiger partial charge in [-0.1, -0.05) is 6.07 Å². The number of aromatic carboxylic acids is 1. The molecule has 0 bridgehead atoms. The van der Waals surface area contributed by atoms with Crippen molar-refractivity contribution in [3.8, 4) is 0 Å². The molecule has 0 saturated carbocycles. The summed E-state index contributed by atoms with van der Waals surface area (Å²) in [7, 11) is 4.96. The van der Waals surface area contributed by atoms with Crippen LogP contribution < -0.4 is 16.0 Å². The Hall–Kier alpha value is -3.35. The standard InChI is InChI=1S/C23H35N7O5/c1-33-13-5-10-24-20-19(30-29-18-9-4-8-17(16-18)22(31)32)21(25-11-6-14-34-2)28-23(27-20)26-12-7-15-35-3/h4,8-9,16H,5-7,10-15H2,1-3H3,(H,31,32)(H3,24,25,26,27,28). The van der Waals surface area contributed by atoms with Gasteiger partial charge < -0.3 is 35.3 Å². The van der Waals surface area contributed by atoms with Gasteiger partial charge in [0.15, 0.2) is 17.3 Å². The zero-order valence-corrected chi connectivity index (χ0v) is 20.5. The van der Waals surface area contributed by atoms with E-state index in [1.165, 1.54) is 12.1 Å². The topological polar surface area (TPSA) is 152 Å². The van der Waals surface area contributed by atoms with Crippen molar-refractivity contribution in [3.05, 3.63) is 29.8 Å². The molecule has 192 valence electrons. The summed E-state index contributed by atoms with van der Waals surface area (Å²) in [6, 6.07) is 6.25. The highest BCUT2D eigenvalue weighted by molar-refractivity contribution is 5.88. The number of rotatable bonds is 18. The maximum atomic E-state index is 11.3. The molecule has 0 aliphatic rings. The molecule has 1 aromatic carbocycles. The summed E-state index contributed by atoms with van der Waals surface area (Å²) < 4.78 is 15.4. The highest BCUT2D eigenvalue weighted by Crippen LogP contribution is 2.34. The van der Waals surface area contributed by atoms with Gasteiger partial charge in [-0.2, -0.15) is 15.1 Å². The number of ether oxygens (including phenoxy) is 3. The van der Waals surface area contributed by atoms with Gasteiger partial charge >= 0.3 is 5.97 Å².